The Balaban J connectivity index is 0.00000131. The number of benzene rings is 2. The van der Waals surface area contributed by atoms with E-state index < -0.39 is 47.9 Å². The van der Waals surface area contributed by atoms with Crippen molar-refractivity contribution in [2.45, 2.75) is 60.5 Å². The fourth-order valence-corrected chi connectivity index (χ4v) is 3.38. The van der Waals surface area contributed by atoms with Crippen LogP contribution in [-0.4, -0.2) is 59.4 Å². The lowest BCUT2D eigenvalue weighted by molar-refractivity contribution is -0.138. The third-order valence-electron chi connectivity index (χ3n) is 5.44. The number of para-hydroxylation sites is 1. The maximum atomic E-state index is 12.5. The molecular weight excluding hydrogens is 576 g/mol. The molecule has 1 aromatic heterocycles. The van der Waals surface area contributed by atoms with Crippen molar-refractivity contribution in [3.8, 4) is 0 Å². The average Bonchev–Trinajstić information content (AvgIpc) is 3.01. The molecule has 5 amide bonds. The van der Waals surface area contributed by atoms with Gasteiger partial charge in [0.1, 0.15) is 6.04 Å². The van der Waals surface area contributed by atoms with E-state index in [1.54, 1.807) is 42.5 Å². The van der Waals surface area contributed by atoms with E-state index in [1.165, 1.54) is 31.7 Å². The smallest absolute Gasteiger partial charge is 0.289 e. The Morgan fingerprint density at radius 2 is 1.40 bits per heavy atom. The van der Waals surface area contributed by atoms with Crippen LogP contribution in [0.3, 0.4) is 0 Å². The maximum Gasteiger partial charge on any atom is 0.289 e. The number of primary amides is 1. The zero-order chi connectivity index (χ0) is 33.9. The second-order valence-electron chi connectivity index (χ2n) is 10.7. The Hall–Kier alpha value is -5.13. The van der Waals surface area contributed by atoms with Crippen LogP contribution in [0.2, 0.25) is 0 Å². The van der Waals surface area contributed by atoms with Crippen molar-refractivity contribution < 1.29 is 28.8 Å². The van der Waals surface area contributed by atoms with Gasteiger partial charge in [-0.15, -0.1) is 0 Å². The van der Waals surface area contributed by atoms with Crippen LogP contribution in [0.25, 0.3) is 10.9 Å². The Morgan fingerprint density at radius 1 is 0.800 bits per heavy atom. The van der Waals surface area contributed by atoms with Crippen LogP contribution >= 0.6 is 0 Å². The number of carbonyl (C=O) groups excluding carboxylic acids is 6. The van der Waals surface area contributed by atoms with Crippen molar-refractivity contribution >= 4 is 46.2 Å². The van der Waals surface area contributed by atoms with E-state index in [-0.39, 0.29) is 13.1 Å². The zero-order valence-electron chi connectivity index (χ0n) is 26.7. The van der Waals surface area contributed by atoms with Crippen LogP contribution in [-0.2, 0) is 25.7 Å². The molecule has 0 unspecified atom stereocenters. The summed E-state index contributed by atoms with van der Waals surface area (Å²) in [7, 11) is 0. The molecule has 1 atom stereocenters. The highest BCUT2D eigenvalue weighted by atomic mass is 16.2. The van der Waals surface area contributed by atoms with E-state index in [9.17, 15) is 28.8 Å². The third-order valence-corrected chi connectivity index (χ3v) is 5.44. The van der Waals surface area contributed by atoms with Crippen molar-refractivity contribution in [3.63, 3.8) is 0 Å². The lowest BCUT2D eigenvalue weighted by atomic mass is 10.1. The van der Waals surface area contributed by atoms with Crippen LogP contribution in [0, 0.1) is 5.92 Å². The van der Waals surface area contributed by atoms with Crippen molar-refractivity contribution in [3.05, 3.63) is 77.5 Å². The molecule has 0 fully saturated rings. The maximum absolute atomic E-state index is 12.5. The first-order valence-electron chi connectivity index (χ1n) is 14.7. The Morgan fingerprint density at radius 3 is 2.00 bits per heavy atom. The van der Waals surface area contributed by atoms with Gasteiger partial charge in [0.15, 0.2) is 0 Å². The van der Waals surface area contributed by atoms with Crippen LogP contribution in [0.5, 0.6) is 0 Å². The lowest BCUT2D eigenvalue weighted by Gasteiger charge is -2.14. The number of aromatic nitrogens is 1. The molecule has 45 heavy (non-hydrogen) atoms. The third kappa shape index (κ3) is 14.3. The summed E-state index contributed by atoms with van der Waals surface area (Å²) in [5.74, 6) is -3.33. The van der Waals surface area contributed by atoms with E-state index in [4.69, 9.17) is 5.73 Å². The minimum absolute atomic E-state index is 0.0328. The molecule has 0 saturated heterocycles. The van der Waals surface area contributed by atoms with E-state index in [0.29, 0.717) is 27.6 Å². The predicted molar refractivity (Wildman–Crippen MR) is 173 cm³/mol. The fraction of sp³-hybridized carbons (Fsp3) is 0.364. The Labute approximate surface area is 263 Å². The molecule has 12 heteroatoms. The summed E-state index contributed by atoms with van der Waals surface area (Å²) >= 11 is 0. The van der Waals surface area contributed by atoms with Gasteiger partial charge >= 0.3 is 0 Å². The second kappa shape index (κ2) is 19.9. The molecule has 0 bridgehead atoms. The molecule has 0 aliphatic heterocycles. The molecule has 242 valence electrons. The van der Waals surface area contributed by atoms with Crippen LogP contribution in [0.15, 0.2) is 60.8 Å². The SMILES string of the molecule is CC(C)C.CCC.C[C@H](NC(=O)CNC(=O)c1ccnc2ccccc12)C(=O)NCC(=O)C(=O)NCc1ccc(C(N)=O)cc1. The largest absolute Gasteiger partial charge is 0.366 e. The number of amides is 5. The Kier molecular flexibility index (Phi) is 16.8. The standard InChI is InChI=1S/C26H26N6O6.C4H10.C3H8/c1-15(32-22(34)14-31-25(37)19-10-11-28-20-5-3-2-4-18(19)20)24(36)30-13-21(33)26(38)29-12-16-6-8-17(9-7-16)23(27)35;1-4(2)3;1-3-2/h2-11,15H,12-14H2,1H3,(H2,27,35)(H,29,38)(H,30,36)(H,31,37)(H,32,34);4H,1-3H3;3H2,1-2H3/t15-;;/m0../s1. The second-order valence-corrected chi connectivity index (χ2v) is 10.7. The van der Waals surface area contributed by atoms with Gasteiger partial charge in [-0.25, -0.2) is 0 Å². The van der Waals surface area contributed by atoms with Gasteiger partial charge in [0.2, 0.25) is 23.5 Å². The minimum Gasteiger partial charge on any atom is -0.366 e. The summed E-state index contributed by atoms with van der Waals surface area (Å²) in [5, 5.41) is 10.2. The first-order chi connectivity index (χ1) is 21.3. The molecule has 0 aliphatic carbocycles. The van der Waals surface area contributed by atoms with Gasteiger partial charge in [-0.2, -0.15) is 0 Å². The van der Waals surface area contributed by atoms with Gasteiger partial charge < -0.3 is 27.0 Å². The minimum atomic E-state index is -1.03. The number of pyridine rings is 1. The van der Waals surface area contributed by atoms with Gasteiger partial charge in [0, 0.05) is 23.7 Å². The molecule has 12 nitrogen and oxygen atoms in total. The summed E-state index contributed by atoms with van der Waals surface area (Å²) in [5.41, 5.74) is 7.11. The first-order valence-corrected chi connectivity index (χ1v) is 14.7. The number of hydrogen-bond donors (Lipinski definition) is 5. The summed E-state index contributed by atoms with van der Waals surface area (Å²) < 4.78 is 0. The molecule has 6 N–H and O–H groups in total. The first kappa shape index (κ1) is 37.9. The summed E-state index contributed by atoms with van der Waals surface area (Å²) in [4.78, 5) is 76.3. The van der Waals surface area contributed by atoms with Gasteiger partial charge in [-0.3, -0.25) is 33.8 Å². The fourth-order valence-electron chi connectivity index (χ4n) is 3.38. The van der Waals surface area contributed by atoms with Crippen molar-refractivity contribution in [1.29, 1.82) is 0 Å². The van der Waals surface area contributed by atoms with E-state index in [0.717, 1.165) is 5.92 Å². The van der Waals surface area contributed by atoms with Gasteiger partial charge in [-0.05, 0) is 42.7 Å². The number of nitrogens with two attached hydrogens (primary N) is 1. The number of hydrogen-bond acceptors (Lipinski definition) is 7. The van der Waals surface area contributed by atoms with E-state index >= 15 is 0 Å². The molecular formula is C33H44N6O6. The van der Waals surface area contributed by atoms with Crippen molar-refractivity contribution in [2.75, 3.05) is 13.1 Å². The Bertz CT molecular complexity index is 1450. The number of carbonyl (C=O) groups is 6. The highest BCUT2D eigenvalue weighted by Gasteiger charge is 2.20. The monoisotopic (exact) mass is 620 g/mol. The number of nitrogens with one attached hydrogen (secondary N) is 4. The molecule has 1 heterocycles. The highest BCUT2D eigenvalue weighted by molar-refractivity contribution is 6.37. The summed E-state index contributed by atoms with van der Waals surface area (Å²) in [6.45, 7) is 11.2. The number of Topliss-reactive ketones (excluding diaryl/α,β-unsaturated/α-hetero) is 1. The van der Waals surface area contributed by atoms with E-state index in [2.05, 4.69) is 60.9 Å². The zero-order valence-corrected chi connectivity index (χ0v) is 26.7. The van der Waals surface area contributed by atoms with Gasteiger partial charge in [0.25, 0.3) is 11.8 Å². The van der Waals surface area contributed by atoms with Crippen LogP contribution in [0.1, 0.15) is 74.2 Å². The summed E-state index contributed by atoms with van der Waals surface area (Å²) in [6.07, 6.45) is 2.74. The van der Waals surface area contributed by atoms with E-state index in [1.807, 2.05) is 0 Å². The highest BCUT2D eigenvalue weighted by Crippen LogP contribution is 2.15. The van der Waals surface area contributed by atoms with Crippen molar-refractivity contribution in [2.24, 2.45) is 11.7 Å². The molecule has 0 radical (unpaired) electrons. The van der Waals surface area contributed by atoms with Gasteiger partial charge in [-0.1, -0.05) is 71.4 Å². The topological polar surface area (TPSA) is 189 Å². The molecule has 0 spiro atoms. The summed E-state index contributed by atoms with van der Waals surface area (Å²) in [6, 6.07) is 13.7. The van der Waals surface area contributed by atoms with Crippen molar-refractivity contribution in [1.82, 2.24) is 26.3 Å². The molecule has 0 saturated carbocycles. The molecule has 3 aromatic rings. The van der Waals surface area contributed by atoms with Gasteiger partial charge in [0.05, 0.1) is 24.2 Å². The normalized spacial score (nSPS) is 10.6. The lowest BCUT2D eigenvalue weighted by Crippen LogP contribution is -2.49. The molecule has 0 aliphatic rings. The number of ketones is 1. The number of rotatable bonds is 11. The van der Waals surface area contributed by atoms with Crippen LogP contribution in [0.4, 0.5) is 0 Å². The molecule has 2 aromatic carbocycles. The van der Waals surface area contributed by atoms with Crippen LogP contribution < -0.4 is 27.0 Å². The number of nitrogens with zero attached hydrogens (tertiary/aromatic N) is 1. The predicted octanol–water partition coefficient (Wildman–Crippen LogP) is 2.65. The molecule has 3 rings (SSSR count). The quantitative estimate of drug-likeness (QED) is 0.204. The average molecular weight is 621 g/mol. The number of fused-ring (bicyclic) bond motifs is 1.